The first-order valence-electron chi connectivity index (χ1n) is 7.86. The van der Waals surface area contributed by atoms with E-state index in [9.17, 15) is 9.81 Å². The summed E-state index contributed by atoms with van der Waals surface area (Å²) in [5.41, 5.74) is 0.716. The molecule has 0 fully saturated rings. The number of aromatic nitrogens is 3. The lowest BCUT2D eigenvalue weighted by atomic mass is 10.4. The molecule has 11 heteroatoms. The Bertz CT molecular complexity index is 607. The van der Waals surface area contributed by atoms with Gasteiger partial charge in [0.2, 0.25) is 0 Å². The predicted octanol–water partition coefficient (Wildman–Crippen LogP) is 0.621. The van der Waals surface area contributed by atoms with Crippen LogP contribution in [0.1, 0.15) is 12.1 Å². The molecule has 0 radical (unpaired) electrons. The molecule has 0 aliphatic rings. The van der Waals surface area contributed by atoms with Crippen LogP contribution in [0.2, 0.25) is 0 Å². The predicted molar refractivity (Wildman–Crippen MR) is 96.8 cm³/mol. The topological polar surface area (TPSA) is 121 Å². The summed E-state index contributed by atoms with van der Waals surface area (Å²) in [5, 5.41) is 13.8. The summed E-state index contributed by atoms with van der Waals surface area (Å²) in [7, 11) is 7.28. The molecule has 0 saturated heterocycles. The maximum absolute atomic E-state index is 10.4. The fraction of sp³-hybridized carbons (Fsp3) is 0.714. The van der Waals surface area contributed by atoms with E-state index in [-0.39, 0.29) is 13.1 Å². The molecule has 0 saturated carbocycles. The Morgan fingerprint density at radius 3 is 2.20 bits per heavy atom. The second-order valence-electron chi connectivity index (χ2n) is 5.72. The lowest BCUT2D eigenvalue weighted by Crippen LogP contribution is -2.25. The van der Waals surface area contributed by atoms with Gasteiger partial charge in [0.15, 0.2) is 0 Å². The van der Waals surface area contributed by atoms with Crippen molar-refractivity contribution in [2.24, 2.45) is 20.3 Å². The zero-order valence-electron chi connectivity index (χ0n) is 15.2. The van der Waals surface area contributed by atoms with Gasteiger partial charge in [-0.25, -0.2) is 0 Å². The quantitative estimate of drug-likeness (QED) is 0.264. The molecular weight excluding hydrogens is 326 g/mol. The standard InChI is InChI=1S/C14H25N9O2/c1-21(2)13(9-17-24)15-6-5-7-23-11-12(19-20-23)8-16-14(10-18-25)22(3)4/h11H,5-10H2,1-4H3. The summed E-state index contributed by atoms with van der Waals surface area (Å²) in [5.74, 6) is 1.25. The maximum Gasteiger partial charge on any atom is 0.138 e. The van der Waals surface area contributed by atoms with Crippen LogP contribution in [-0.2, 0) is 13.1 Å². The lowest BCUT2D eigenvalue weighted by Gasteiger charge is -2.12. The van der Waals surface area contributed by atoms with Gasteiger partial charge in [0.05, 0.1) is 12.7 Å². The van der Waals surface area contributed by atoms with Crippen LogP contribution >= 0.6 is 0 Å². The second-order valence-corrected chi connectivity index (χ2v) is 5.72. The van der Waals surface area contributed by atoms with Crippen molar-refractivity contribution >= 4 is 11.7 Å². The number of likely N-dealkylation sites (N-methyl/N-ethyl adjacent to an activating group) is 2. The van der Waals surface area contributed by atoms with Gasteiger partial charge in [-0.1, -0.05) is 15.6 Å². The van der Waals surface area contributed by atoms with Crippen LogP contribution in [-0.4, -0.2) is 84.3 Å². The summed E-state index contributed by atoms with van der Waals surface area (Å²) in [6.45, 7) is 1.68. The second kappa shape index (κ2) is 10.9. The molecule has 1 rings (SSSR count). The van der Waals surface area contributed by atoms with Gasteiger partial charge in [0, 0.05) is 41.3 Å². The van der Waals surface area contributed by atoms with Crippen molar-refractivity contribution in [1.29, 1.82) is 0 Å². The molecule has 1 heterocycles. The summed E-state index contributed by atoms with van der Waals surface area (Å²) in [6, 6.07) is 0. The van der Waals surface area contributed by atoms with E-state index in [4.69, 9.17) is 0 Å². The van der Waals surface area contributed by atoms with Crippen molar-refractivity contribution in [2.75, 3.05) is 47.8 Å². The summed E-state index contributed by atoms with van der Waals surface area (Å²) in [4.78, 5) is 32.9. The van der Waals surface area contributed by atoms with Gasteiger partial charge >= 0.3 is 0 Å². The molecule has 0 aliphatic carbocycles. The Morgan fingerprint density at radius 2 is 1.64 bits per heavy atom. The first-order valence-corrected chi connectivity index (χ1v) is 7.86. The molecule has 1 aromatic heterocycles. The largest absolute Gasteiger partial charge is 0.365 e. The van der Waals surface area contributed by atoms with Crippen LogP contribution < -0.4 is 0 Å². The highest BCUT2D eigenvalue weighted by molar-refractivity contribution is 5.84. The average molecular weight is 351 g/mol. The van der Waals surface area contributed by atoms with Crippen molar-refractivity contribution in [1.82, 2.24) is 24.8 Å². The number of amidine groups is 2. The minimum absolute atomic E-state index is 0.0307. The minimum atomic E-state index is 0.0307. The van der Waals surface area contributed by atoms with E-state index in [0.29, 0.717) is 37.0 Å². The number of rotatable bonds is 10. The SMILES string of the molecule is CN(C)C(CN=O)=NCCCn1cc(CN=C(CN=O)N(C)C)nn1. The molecule has 25 heavy (non-hydrogen) atoms. The van der Waals surface area contributed by atoms with Crippen molar-refractivity contribution in [3.63, 3.8) is 0 Å². The van der Waals surface area contributed by atoms with E-state index in [2.05, 4.69) is 30.7 Å². The summed E-state index contributed by atoms with van der Waals surface area (Å²) >= 11 is 0. The van der Waals surface area contributed by atoms with Crippen molar-refractivity contribution in [3.05, 3.63) is 21.7 Å². The van der Waals surface area contributed by atoms with Crippen LogP contribution in [0.5, 0.6) is 0 Å². The molecule has 0 amide bonds. The molecule has 0 aromatic carbocycles. The van der Waals surface area contributed by atoms with Crippen molar-refractivity contribution < 1.29 is 0 Å². The van der Waals surface area contributed by atoms with Gasteiger partial charge in [-0.2, -0.15) is 9.81 Å². The highest BCUT2D eigenvalue weighted by atomic mass is 16.3. The normalized spacial score (nSPS) is 12.2. The molecule has 1 aromatic rings. The molecule has 0 bridgehead atoms. The summed E-state index contributed by atoms with van der Waals surface area (Å²) < 4.78 is 1.72. The molecule has 0 spiro atoms. The van der Waals surface area contributed by atoms with E-state index < -0.39 is 0 Å². The van der Waals surface area contributed by atoms with Crippen LogP contribution in [0.15, 0.2) is 26.5 Å². The van der Waals surface area contributed by atoms with Gasteiger partial charge in [0.1, 0.15) is 30.5 Å². The molecule has 138 valence electrons. The molecule has 0 aliphatic heterocycles. The van der Waals surface area contributed by atoms with E-state index in [1.165, 1.54) is 0 Å². The Hall–Kier alpha value is -2.72. The van der Waals surface area contributed by atoms with Crippen LogP contribution in [0.25, 0.3) is 0 Å². The number of aliphatic imine (C=N–C) groups is 2. The third-order valence-electron chi connectivity index (χ3n) is 3.29. The maximum atomic E-state index is 10.4. The Balaban J connectivity index is 2.50. The molecule has 0 unspecified atom stereocenters. The zero-order valence-corrected chi connectivity index (χ0v) is 15.2. The number of nitroso groups, excluding NO2 is 2. The third-order valence-corrected chi connectivity index (χ3v) is 3.29. The average Bonchev–Trinajstić information content (AvgIpc) is 3.01. The molecule has 0 atom stereocenters. The number of hydrogen-bond donors (Lipinski definition) is 0. The number of aryl methyl sites for hydroxylation is 1. The van der Waals surface area contributed by atoms with Gasteiger partial charge < -0.3 is 9.80 Å². The van der Waals surface area contributed by atoms with Gasteiger partial charge in [0.25, 0.3) is 0 Å². The van der Waals surface area contributed by atoms with Crippen LogP contribution in [0, 0.1) is 9.81 Å². The fourth-order valence-electron chi connectivity index (χ4n) is 1.91. The van der Waals surface area contributed by atoms with Gasteiger partial charge in [-0.05, 0) is 6.42 Å². The molecule has 11 nitrogen and oxygen atoms in total. The van der Waals surface area contributed by atoms with Crippen molar-refractivity contribution in [2.45, 2.75) is 19.5 Å². The van der Waals surface area contributed by atoms with E-state index in [1.54, 1.807) is 14.5 Å². The van der Waals surface area contributed by atoms with E-state index in [0.717, 1.165) is 6.42 Å². The van der Waals surface area contributed by atoms with Crippen LogP contribution in [0.4, 0.5) is 0 Å². The Kier molecular flexibility index (Phi) is 8.90. The van der Waals surface area contributed by atoms with Gasteiger partial charge in [-0.3, -0.25) is 14.7 Å². The highest BCUT2D eigenvalue weighted by Crippen LogP contribution is 1.99. The number of nitrogens with zero attached hydrogens (tertiary/aromatic N) is 9. The highest BCUT2D eigenvalue weighted by Gasteiger charge is 2.05. The van der Waals surface area contributed by atoms with E-state index in [1.807, 2.05) is 34.4 Å². The van der Waals surface area contributed by atoms with E-state index >= 15 is 0 Å². The zero-order chi connectivity index (χ0) is 18.7. The minimum Gasteiger partial charge on any atom is -0.365 e. The third kappa shape index (κ3) is 7.59. The smallest absolute Gasteiger partial charge is 0.138 e. The fourth-order valence-corrected chi connectivity index (χ4v) is 1.91. The monoisotopic (exact) mass is 351 g/mol. The van der Waals surface area contributed by atoms with Crippen molar-refractivity contribution in [3.8, 4) is 0 Å². The lowest BCUT2D eigenvalue weighted by molar-refractivity contribution is 0.557. The molecule has 0 N–H and O–H groups in total. The number of hydrogen-bond acceptors (Lipinski definition) is 8. The Morgan fingerprint density at radius 1 is 1.04 bits per heavy atom. The Labute approximate surface area is 146 Å². The molecular formula is C14H25N9O2. The first kappa shape index (κ1) is 20.3. The van der Waals surface area contributed by atoms with Gasteiger partial charge in [-0.15, -0.1) is 5.10 Å². The summed E-state index contributed by atoms with van der Waals surface area (Å²) in [6.07, 6.45) is 2.58. The first-order chi connectivity index (χ1) is 12.0. The van der Waals surface area contributed by atoms with Crippen LogP contribution in [0.3, 0.4) is 0 Å².